The lowest BCUT2D eigenvalue weighted by Crippen LogP contribution is -2.15. The Bertz CT molecular complexity index is 747. The van der Waals surface area contributed by atoms with E-state index in [0.29, 0.717) is 24.7 Å². The Morgan fingerprint density at radius 1 is 0.613 bits per heavy atom. The fraction of sp³-hybridized carbons (Fsp3) is 0.462. The van der Waals surface area contributed by atoms with Crippen LogP contribution in [-0.2, 0) is 4.74 Å². The number of unbranched alkanes of at least 4 members (excludes halogenated alkanes) is 6. The van der Waals surface area contributed by atoms with Gasteiger partial charge in [-0.3, -0.25) is 0 Å². The van der Waals surface area contributed by atoms with E-state index in [-0.39, 0.29) is 11.1 Å². The minimum Gasteiger partial charge on any atom is -0.493 e. The van der Waals surface area contributed by atoms with Gasteiger partial charge in [-0.25, -0.2) is 9.59 Å². The SMILES string of the molecule is CCCCCCOc1ccccc1C(=O)OC(=O)c1ccccc1OCCCCCC. The van der Waals surface area contributed by atoms with Gasteiger partial charge in [0.05, 0.1) is 13.2 Å². The fourth-order valence-electron chi connectivity index (χ4n) is 3.14. The van der Waals surface area contributed by atoms with E-state index in [2.05, 4.69) is 13.8 Å². The summed E-state index contributed by atoms with van der Waals surface area (Å²) in [6, 6.07) is 13.7. The van der Waals surface area contributed by atoms with Crippen molar-refractivity contribution in [2.75, 3.05) is 13.2 Å². The van der Waals surface area contributed by atoms with Crippen LogP contribution in [0, 0.1) is 0 Å². The summed E-state index contributed by atoms with van der Waals surface area (Å²) in [6.45, 7) is 5.34. The van der Waals surface area contributed by atoms with Gasteiger partial charge >= 0.3 is 11.9 Å². The van der Waals surface area contributed by atoms with Crippen molar-refractivity contribution in [3.63, 3.8) is 0 Å². The highest BCUT2D eigenvalue weighted by atomic mass is 16.6. The maximum atomic E-state index is 12.7. The minimum atomic E-state index is -0.730. The number of rotatable bonds is 14. The van der Waals surface area contributed by atoms with Gasteiger partial charge in [0, 0.05) is 0 Å². The lowest BCUT2D eigenvalue weighted by molar-refractivity contribution is 0.0392. The second-order valence-corrected chi connectivity index (χ2v) is 7.49. The van der Waals surface area contributed by atoms with Crippen LogP contribution in [-0.4, -0.2) is 25.2 Å². The molecule has 2 aromatic carbocycles. The van der Waals surface area contributed by atoms with Gasteiger partial charge in [0.15, 0.2) is 0 Å². The molecule has 0 aromatic heterocycles. The summed E-state index contributed by atoms with van der Waals surface area (Å²) in [4.78, 5) is 25.3. The molecule has 0 spiro atoms. The molecule has 0 aliphatic rings. The summed E-state index contributed by atoms with van der Waals surface area (Å²) in [6.07, 6.45) is 8.60. The van der Waals surface area contributed by atoms with Gasteiger partial charge in [-0.1, -0.05) is 76.6 Å². The molecule has 31 heavy (non-hydrogen) atoms. The highest BCUT2D eigenvalue weighted by Gasteiger charge is 2.21. The number of carbonyl (C=O) groups is 2. The number of hydrogen-bond acceptors (Lipinski definition) is 5. The summed E-state index contributed by atoms with van der Waals surface area (Å²) in [5.74, 6) is -0.603. The molecule has 0 bridgehead atoms. The molecular weight excluding hydrogens is 392 g/mol. The van der Waals surface area contributed by atoms with Gasteiger partial charge in [-0.15, -0.1) is 0 Å². The van der Waals surface area contributed by atoms with Crippen LogP contribution in [0.15, 0.2) is 48.5 Å². The van der Waals surface area contributed by atoms with Crippen molar-refractivity contribution in [1.82, 2.24) is 0 Å². The topological polar surface area (TPSA) is 61.8 Å². The van der Waals surface area contributed by atoms with E-state index in [1.54, 1.807) is 48.5 Å². The van der Waals surface area contributed by atoms with E-state index in [1.165, 1.54) is 0 Å². The zero-order valence-electron chi connectivity index (χ0n) is 18.7. The second kappa shape index (κ2) is 14.2. The van der Waals surface area contributed by atoms with Crippen molar-refractivity contribution in [1.29, 1.82) is 0 Å². The van der Waals surface area contributed by atoms with Crippen molar-refractivity contribution in [3.8, 4) is 11.5 Å². The number of ether oxygens (including phenoxy) is 3. The molecule has 0 saturated carbocycles. The van der Waals surface area contributed by atoms with Crippen LogP contribution in [0.3, 0.4) is 0 Å². The third-order valence-corrected chi connectivity index (χ3v) is 4.91. The van der Waals surface area contributed by atoms with Crippen LogP contribution >= 0.6 is 0 Å². The molecule has 0 atom stereocenters. The number of carbonyl (C=O) groups excluding carboxylic acids is 2. The monoisotopic (exact) mass is 426 g/mol. The van der Waals surface area contributed by atoms with Crippen molar-refractivity contribution in [2.24, 2.45) is 0 Å². The molecule has 0 radical (unpaired) electrons. The second-order valence-electron chi connectivity index (χ2n) is 7.49. The molecule has 0 aliphatic heterocycles. The summed E-state index contributed by atoms with van der Waals surface area (Å²) >= 11 is 0. The van der Waals surface area contributed by atoms with Gasteiger partial charge in [-0.05, 0) is 37.1 Å². The maximum absolute atomic E-state index is 12.7. The molecule has 0 fully saturated rings. The highest BCUT2D eigenvalue weighted by molar-refractivity contribution is 6.04. The molecule has 168 valence electrons. The molecule has 5 nitrogen and oxygen atoms in total. The Balaban J connectivity index is 1.98. The molecule has 0 unspecified atom stereocenters. The van der Waals surface area contributed by atoms with Gasteiger partial charge in [-0.2, -0.15) is 0 Å². The van der Waals surface area contributed by atoms with Crippen LogP contribution in [0.5, 0.6) is 11.5 Å². The molecule has 0 amide bonds. The van der Waals surface area contributed by atoms with Crippen LogP contribution in [0.4, 0.5) is 0 Å². The van der Waals surface area contributed by atoms with E-state index in [4.69, 9.17) is 14.2 Å². The zero-order valence-corrected chi connectivity index (χ0v) is 18.7. The third kappa shape index (κ3) is 8.44. The predicted molar refractivity (Wildman–Crippen MR) is 122 cm³/mol. The predicted octanol–water partition coefficient (Wildman–Crippen LogP) is 6.60. The average molecular weight is 427 g/mol. The van der Waals surface area contributed by atoms with Gasteiger partial charge in [0.1, 0.15) is 22.6 Å². The van der Waals surface area contributed by atoms with Crippen LogP contribution in [0.2, 0.25) is 0 Å². The highest BCUT2D eigenvalue weighted by Crippen LogP contribution is 2.23. The van der Waals surface area contributed by atoms with Crippen LogP contribution in [0.25, 0.3) is 0 Å². The van der Waals surface area contributed by atoms with Crippen molar-refractivity contribution in [3.05, 3.63) is 59.7 Å². The van der Waals surface area contributed by atoms with Crippen LogP contribution in [0.1, 0.15) is 85.9 Å². The Labute approximate surface area is 185 Å². The largest absolute Gasteiger partial charge is 0.493 e. The molecular formula is C26H34O5. The summed E-state index contributed by atoms with van der Waals surface area (Å²) in [5.41, 5.74) is 0.480. The molecule has 0 aliphatic carbocycles. The number of hydrogen-bond donors (Lipinski definition) is 0. The summed E-state index contributed by atoms with van der Waals surface area (Å²) < 4.78 is 16.7. The Kier molecular flexibility index (Phi) is 11.2. The molecule has 0 saturated heterocycles. The van der Waals surface area contributed by atoms with Crippen molar-refractivity contribution < 1.29 is 23.8 Å². The lowest BCUT2D eigenvalue weighted by atomic mass is 10.2. The number of para-hydroxylation sites is 2. The smallest absolute Gasteiger partial charge is 0.349 e. The first kappa shape index (κ1) is 24.4. The van der Waals surface area contributed by atoms with E-state index < -0.39 is 11.9 Å². The van der Waals surface area contributed by atoms with Gasteiger partial charge in [0.25, 0.3) is 0 Å². The summed E-state index contributed by atoms with van der Waals surface area (Å²) in [5, 5.41) is 0. The van der Waals surface area contributed by atoms with Gasteiger partial charge < -0.3 is 14.2 Å². The van der Waals surface area contributed by atoms with E-state index in [0.717, 1.165) is 51.4 Å². The quantitative estimate of drug-likeness (QED) is 0.193. The van der Waals surface area contributed by atoms with Crippen molar-refractivity contribution in [2.45, 2.75) is 65.2 Å². The normalized spacial score (nSPS) is 10.5. The number of esters is 2. The van der Waals surface area contributed by atoms with Gasteiger partial charge in [0.2, 0.25) is 0 Å². The first-order chi connectivity index (χ1) is 15.2. The zero-order chi connectivity index (χ0) is 22.3. The van der Waals surface area contributed by atoms with E-state index >= 15 is 0 Å². The molecule has 2 aromatic rings. The molecule has 0 heterocycles. The Hall–Kier alpha value is -2.82. The Morgan fingerprint density at radius 3 is 1.45 bits per heavy atom. The average Bonchev–Trinajstić information content (AvgIpc) is 2.79. The number of benzene rings is 2. The standard InChI is InChI=1S/C26H34O5/c1-3-5-7-13-19-29-23-17-11-9-15-21(23)25(27)31-26(28)22-16-10-12-18-24(22)30-20-14-8-6-4-2/h9-12,15-18H,3-8,13-14,19-20H2,1-2H3. The molecule has 5 heteroatoms. The van der Waals surface area contributed by atoms with E-state index in [1.807, 2.05) is 0 Å². The fourth-order valence-corrected chi connectivity index (χ4v) is 3.14. The first-order valence-corrected chi connectivity index (χ1v) is 11.4. The third-order valence-electron chi connectivity index (χ3n) is 4.91. The Morgan fingerprint density at radius 2 is 1.03 bits per heavy atom. The first-order valence-electron chi connectivity index (χ1n) is 11.4. The van der Waals surface area contributed by atoms with Crippen molar-refractivity contribution >= 4 is 11.9 Å². The summed E-state index contributed by atoms with van der Waals surface area (Å²) in [7, 11) is 0. The molecule has 2 rings (SSSR count). The van der Waals surface area contributed by atoms with Crippen LogP contribution < -0.4 is 9.47 Å². The van der Waals surface area contributed by atoms with E-state index in [9.17, 15) is 9.59 Å². The minimum absolute atomic E-state index is 0.240. The maximum Gasteiger partial charge on any atom is 0.349 e. The molecule has 0 N–H and O–H groups in total. The lowest BCUT2D eigenvalue weighted by Gasteiger charge is -2.12.